The van der Waals surface area contributed by atoms with Crippen LogP contribution in [0.1, 0.15) is 23.7 Å². The average Bonchev–Trinajstić information content (AvgIpc) is 2.31. The zero-order valence-electron chi connectivity index (χ0n) is 8.22. The molecule has 13 heavy (non-hydrogen) atoms. The summed E-state index contributed by atoms with van der Waals surface area (Å²) in [4.78, 5) is 5.45. The van der Waals surface area contributed by atoms with Crippen LogP contribution in [0.5, 0.6) is 0 Å². The van der Waals surface area contributed by atoms with Crippen LogP contribution in [0.3, 0.4) is 0 Å². The predicted molar refractivity (Wildman–Crippen MR) is 58.4 cm³/mol. The number of halogens is 1. The van der Waals surface area contributed by atoms with Gasteiger partial charge in [0.15, 0.2) is 0 Å². The van der Waals surface area contributed by atoms with Crippen molar-refractivity contribution in [2.24, 2.45) is 5.92 Å². The molecule has 2 nitrogen and oxygen atoms in total. The van der Waals surface area contributed by atoms with Gasteiger partial charge in [0.25, 0.3) is 0 Å². The zero-order valence-corrected chi connectivity index (χ0v) is 9.80. The van der Waals surface area contributed by atoms with Crippen LogP contribution in [-0.2, 0) is 13.0 Å². The van der Waals surface area contributed by atoms with Crippen LogP contribution < -0.4 is 5.32 Å². The van der Waals surface area contributed by atoms with Gasteiger partial charge in [-0.1, -0.05) is 25.4 Å². The Hall–Kier alpha value is -0.120. The molecule has 0 radical (unpaired) electrons. The second kappa shape index (κ2) is 4.94. The summed E-state index contributed by atoms with van der Waals surface area (Å²) in [5.74, 6) is 0.643. The van der Waals surface area contributed by atoms with Gasteiger partial charge in [-0.15, -0.1) is 11.3 Å². The summed E-state index contributed by atoms with van der Waals surface area (Å²) in [6.45, 7) is 5.19. The Morgan fingerprint density at radius 1 is 1.54 bits per heavy atom. The van der Waals surface area contributed by atoms with E-state index in [1.165, 1.54) is 0 Å². The summed E-state index contributed by atoms with van der Waals surface area (Å²) in [6.07, 6.45) is 1.02. The molecule has 0 fully saturated rings. The van der Waals surface area contributed by atoms with Gasteiger partial charge in [-0.05, 0) is 13.0 Å². The molecule has 4 heteroatoms. The molecule has 0 unspecified atom stereocenters. The van der Waals surface area contributed by atoms with E-state index in [2.05, 4.69) is 24.1 Å². The van der Waals surface area contributed by atoms with Crippen molar-refractivity contribution in [2.75, 3.05) is 7.05 Å². The highest BCUT2D eigenvalue weighted by Gasteiger charge is 2.09. The average molecular weight is 219 g/mol. The maximum absolute atomic E-state index is 5.97. The van der Waals surface area contributed by atoms with E-state index < -0.39 is 0 Å². The van der Waals surface area contributed by atoms with Gasteiger partial charge in [-0.2, -0.15) is 0 Å². The standard InChI is InChI=1S/C9H15ClN2S/c1-6(2)4-8-12-9(10)7(13-8)5-11-3/h6,11H,4-5H2,1-3H3. The molecule has 0 atom stereocenters. The number of nitrogens with zero attached hydrogens (tertiary/aromatic N) is 1. The normalized spacial score (nSPS) is 11.2. The Kier molecular flexibility index (Phi) is 4.16. The molecule has 1 rings (SSSR count). The molecular weight excluding hydrogens is 204 g/mol. The lowest BCUT2D eigenvalue weighted by Crippen LogP contribution is -2.03. The van der Waals surface area contributed by atoms with Gasteiger partial charge in [-0.3, -0.25) is 0 Å². The first kappa shape index (κ1) is 11.0. The molecule has 0 aliphatic rings. The third-order valence-corrected chi connectivity index (χ3v) is 3.12. The van der Waals surface area contributed by atoms with E-state index in [-0.39, 0.29) is 0 Å². The number of rotatable bonds is 4. The quantitative estimate of drug-likeness (QED) is 0.841. The van der Waals surface area contributed by atoms with Gasteiger partial charge in [0.2, 0.25) is 0 Å². The van der Waals surface area contributed by atoms with E-state index in [0.29, 0.717) is 11.1 Å². The summed E-state index contributed by atoms with van der Waals surface area (Å²) in [5.41, 5.74) is 0. The van der Waals surface area contributed by atoms with Gasteiger partial charge in [0.05, 0.1) is 9.88 Å². The van der Waals surface area contributed by atoms with Crippen molar-refractivity contribution in [1.29, 1.82) is 0 Å². The van der Waals surface area contributed by atoms with E-state index in [1.54, 1.807) is 11.3 Å². The first-order valence-corrected chi connectivity index (χ1v) is 5.61. The fraction of sp³-hybridized carbons (Fsp3) is 0.667. The second-order valence-corrected chi connectivity index (χ2v) is 4.98. The topological polar surface area (TPSA) is 24.9 Å². The van der Waals surface area contributed by atoms with Gasteiger partial charge in [0.1, 0.15) is 5.15 Å². The summed E-state index contributed by atoms with van der Waals surface area (Å²) < 4.78 is 0. The summed E-state index contributed by atoms with van der Waals surface area (Å²) >= 11 is 7.67. The third-order valence-electron chi connectivity index (χ3n) is 1.61. The number of hydrogen-bond donors (Lipinski definition) is 1. The highest BCUT2D eigenvalue weighted by molar-refractivity contribution is 7.12. The van der Waals surface area contributed by atoms with Crippen molar-refractivity contribution in [3.05, 3.63) is 15.0 Å². The predicted octanol–water partition coefficient (Wildman–Crippen LogP) is 2.71. The van der Waals surface area contributed by atoms with E-state index in [0.717, 1.165) is 22.9 Å². The lowest BCUT2D eigenvalue weighted by atomic mass is 10.1. The van der Waals surface area contributed by atoms with Crippen molar-refractivity contribution >= 4 is 22.9 Å². The minimum Gasteiger partial charge on any atom is -0.315 e. The maximum atomic E-state index is 5.97. The van der Waals surface area contributed by atoms with Gasteiger partial charge in [-0.25, -0.2) is 4.98 Å². The molecule has 1 aromatic heterocycles. The molecule has 1 aromatic rings. The molecule has 0 bridgehead atoms. The fourth-order valence-corrected chi connectivity index (χ4v) is 2.60. The molecule has 1 N–H and O–H groups in total. The van der Waals surface area contributed by atoms with Crippen LogP contribution in [0.15, 0.2) is 0 Å². The van der Waals surface area contributed by atoms with Crippen LogP contribution in [0.25, 0.3) is 0 Å². The van der Waals surface area contributed by atoms with Crippen molar-refractivity contribution in [3.8, 4) is 0 Å². The molecule has 0 saturated heterocycles. The van der Waals surface area contributed by atoms with Gasteiger partial charge >= 0.3 is 0 Å². The van der Waals surface area contributed by atoms with E-state index in [9.17, 15) is 0 Å². The van der Waals surface area contributed by atoms with Crippen LogP contribution in [0, 0.1) is 5.92 Å². The summed E-state index contributed by atoms with van der Waals surface area (Å²) in [6, 6.07) is 0. The number of hydrogen-bond acceptors (Lipinski definition) is 3. The molecule has 0 aliphatic carbocycles. The first-order chi connectivity index (χ1) is 6.13. The Morgan fingerprint density at radius 2 is 2.23 bits per heavy atom. The van der Waals surface area contributed by atoms with Crippen molar-refractivity contribution in [3.63, 3.8) is 0 Å². The minimum absolute atomic E-state index is 0.643. The van der Waals surface area contributed by atoms with Crippen LogP contribution in [-0.4, -0.2) is 12.0 Å². The number of nitrogens with one attached hydrogen (secondary N) is 1. The molecule has 0 saturated carbocycles. The molecule has 0 aliphatic heterocycles. The SMILES string of the molecule is CNCc1sc(CC(C)C)nc1Cl. The number of aromatic nitrogens is 1. The highest BCUT2D eigenvalue weighted by atomic mass is 35.5. The van der Waals surface area contributed by atoms with Crippen molar-refractivity contribution < 1.29 is 0 Å². The fourth-order valence-electron chi connectivity index (χ4n) is 1.09. The van der Waals surface area contributed by atoms with Crippen LogP contribution >= 0.6 is 22.9 Å². The summed E-state index contributed by atoms with van der Waals surface area (Å²) in [7, 11) is 1.91. The largest absolute Gasteiger partial charge is 0.315 e. The van der Waals surface area contributed by atoms with Crippen LogP contribution in [0.2, 0.25) is 5.15 Å². The lowest BCUT2D eigenvalue weighted by molar-refractivity contribution is 0.644. The Labute approximate surface area is 88.3 Å². The summed E-state index contributed by atoms with van der Waals surface area (Å²) in [5, 5.41) is 4.88. The molecule has 74 valence electrons. The van der Waals surface area contributed by atoms with E-state index in [4.69, 9.17) is 11.6 Å². The maximum Gasteiger partial charge on any atom is 0.144 e. The molecular formula is C9H15ClN2S. The van der Waals surface area contributed by atoms with Gasteiger partial charge in [0, 0.05) is 13.0 Å². The van der Waals surface area contributed by atoms with E-state index >= 15 is 0 Å². The Balaban J connectivity index is 2.70. The van der Waals surface area contributed by atoms with E-state index in [1.807, 2.05) is 7.05 Å². The third kappa shape index (κ3) is 3.25. The molecule has 0 spiro atoms. The van der Waals surface area contributed by atoms with Gasteiger partial charge < -0.3 is 5.32 Å². The van der Waals surface area contributed by atoms with Crippen molar-refractivity contribution in [1.82, 2.24) is 10.3 Å². The number of thiazole rings is 1. The monoisotopic (exact) mass is 218 g/mol. The minimum atomic E-state index is 0.643. The molecule has 0 aromatic carbocycles. The lowest BCUT2D eigenvalue weighted by Gasteiger charge is -1.98. The van der Waals surface area contributed by atoms with Crippen molar-refractivity contribution in [2.45, 2.75) is 26.8 Å². The Morgan fingerprint density at radius 3 is 2.77 bits per heavy atom. The Bertz CT molecular complexity index is 271. The smallest absolute Gasteiger partial charge is 0.144 e. The molecule has 0 amide bonds. The molecule has 1 heterocycles. The first-order valence-electron chi connectivity index (χ1n) is 4.42. The second-order valence-electron chi connectivity index (χ2n) is 3.45. The van der Waals surface area contributed by atoms with Crippen LogP contribution in [0.4, 0.5) is 0 Å². The zero-order chi connectivity index (χ0) is 9.84. The highest BCUT2D eigenvalue weighted by Crippen LogP contribution is 2.24.